The van der Waals surface area contributed by atoms with Gasteiger partial charge < -0.3 is 15.4 Å². The van der Waals surface area contributed by atoms with E-state index in [0.717, 1.165) is 27.2 Å². The van der Waals surface area contributed by atoms with Gasteiger partial charge in [-0.2, -0.15) is 0 Å². The van der Waals surface area contributed by atoms with Crippen LogP contribution in [0.25, 0.3) is 0 Å². The third-order valence-corrected chi connectivity index (χ3v) is 3.56. The number of hydrogen-bond acceptors (Lipinski definition) is 3. The van der Waals surface area contributed by atoms with Gasteiger partial charge >= 0.3 is 0 Å². The fourth-order valence-corrected chi connectivity index (χ4v) is 2.34. The Morgan fingerprint density at radius 2 is 1.81 bits per heavy atom. The average Bonchev–Trinajstić information content (AvgIpc) is 2.48. The monoisotopic (exact) mass is 348 g/mol. The van der Waals surface area contributed by atoms with Crippen LogP contribution in [0, 0.1) is 6.92 Å². The Morgan fingerprint density at radius 3 is 2.43 bits per heavy atom. The van der Waals surface area contributed by atoms with Gasteiger partial charge in [-0.15, -0.1) is 0 Å². The van der Waals surface area contributed by atoms with Crippen molar-refractivity contribution in [2.75, 3.05) is 24.3 Å². The molecular formula is C16H17BrN2O2. The highest BCUT2D eigenvalue weighted by atomic mass is 79.9. The molecule has 2 aromatic carbocycles. The molecule has 0 aromatic heterocycles. The van der Waals surface area contributed by atoms with E-state index in [1.165, 1.54) is 0 Å². The van der Waals surface area contributed by atoms with Crippen molar-refractivity contribution in [2.45, 2.75) is 6.92 Å². The van der Waals surface area contributed by atoms with E-state index in [1.54, 1.807) is 7.11 Å². The Morgan fingerprint density at radius 1 is 1.14 bits per heavy atom. The maximum absolute atomic E-state index is 11.9. The van der Waals surface area contributed by atoms with Gasteiger partial charge in [-0.1, -0.05) is 17.7 Å². The van der Waals surface area contributed by atoms with E-state index in [1.807, 2.05) is 49.4 Å². The Bertz CT molecular complexity index is 627. The van der Waals surface area contributed by atoms with E-state index in [2.05, 4.69) is 26.6 Å². The molecule has 0 fully saturated rings. The van der Waals surface area contributed by atoms with Crippen LogP contribution in [0.1, 0.15) is 5.56 Å². The van der Waals surface area contributed by atoms with Crippen molar-refractivity contribution in [3.63, 3.8) is 0 Å². The number of hydrogen-bond donors (Lipinski definition) is 2. The number of anilines is 2. The lowest BCUT2D eigenvalue weighted by Crippen LogP contribution is -2.21. The van der Waals surface area contributed by atoms with Gasteiger partial charge in [-0.3, -0.25) is 4.79 Å². The lowest BCUT2D eigenvalue weighted by atomic mass is 10.2. The molecule has 0 aliphatic heterocycles. The number of aryl methyl sites for hydroxylation is 1. The minimum Gasteiger partial charge on any atom is -0.496 e. The minimum absolute atomic E-state index is 0.0919. The molecule has 4 nitrogen and oxygen atoms in total. The average molecular weight is 349 g/mol. The van der Waals surface area contributed by atoms with Gasteiger partial charge in [-0.05, 0) is 53.2 Å². The van der Waals surface area contributed by atoms with Crippen LogP contribution >= 0.6 is 15.9 Å². The molecule has 21 heavy (non-hydrogen) atoms. The van der Waals surface area contributed by atoms with Crippen LogP contribution in [0.2, 0.25) is 0 Å². The number of carbonyl (C=O) groups excluding carboxylic acids is 1. The van der Waals surface area contributed by atoms with E-state index in [4.69, 9.17) is 4.74 Å². The summed E-state index contributed by atoms with van der Waals surface area (Å²) in [5.41, 5.74) is 2.80. The molecule has 0 unspecified atom stereocenters. The van der Waals surface area contributed by atoms with Gasteiger partial charge in [0.15, 0.2) is 0 Å². The number of halogens is 1. The molecule has 1 amide bonds. The van der Waals surface area contributed by atoms with Crippen LogP contribution in [-0.2, 0) is 4.79 Å². The first-order valence-corrected chi connectivity index (χ1v) is 7.31. The number of nitrogens with one attached hydrogen (secondary N) is 2. The van der Waals surface area contributed by atoms with Crippen LogP contribution in [-0.4, -0.2) is 19.6 Å². The highest BCUT2D eigenvalue weighted by molar-refractivity contribution is 9.10. The van der Waals surface area contributed by atoms with E-state index in [-0.39, 0.29) is 12.5 Å². The molecule has 0 bridgehead atoms. The number of amides is 1. The van der Waals surface area contributed by atoms with Gasteiger partial charge in [0.2, 0.25) is 5.91 Å². The summed E-state index contributed by atoms with van der Waals surface area (Å²) in [6.45, 7) is 2.21. The highest BCUT2D eigenvalue weighted by Crippen LogP contribution is 2.27. The number of methoxy groups -OCH3 is 1. The minimum atomic E-state index is -0.0919. The first-order valence-electron chi connectivity index (χ1n) is 6.52. The van der Waals surface area contributed by atoms with E-state index in [9.17, 15) is 4.79 Å². The van der Waals surface area contributed by atoms with Crippen molar-refractivity contribution in [1.82, 2.24) is 0 Å². The summed E-state index contributed by atoms with van der Waals surface area (Å²) in [6.07, 6.45) is 0. The van der Waals surface area contributed by atoms with Crippen LogP contribution < -0.4 is 15.4 Å². The van der Waals surface area contributed by atoms with Gasteiger partial charge in [0.05, 0.1) is 18.1 Å². The Hall–Kier alpha value is -2.01. The molecule has 0 aliphatic rings. The molecule has 2 rings (SSSR count). The van der Waals surface area contributed by atoms with Crippen molar-refractivity contribution >= 4 is 33.2 Å². The van der Waals surface area contributed by atoms with Gasteiger partial charge in [0, 0.05) is 11.4 Å². The fourth-order valence-electron chi connectivity index (χ4n) is 1.80. The summed E-state index contributed by atoms with van der Waals surface area (Å²) in [7, 11) is 1.61. The number of ether oxygens (including phenoxy) is 1. The van der Waals surface area contributed by atoms with Crippen molar-refractivity contribution in [2.24, 2.45) is 0 Å². The van der Waals surface area contributed by atoms with Crippen molar-refractivity contribution in [1.29, 1.82) is 0 Å². The first-order chi connectivity index (χ1) is 10.1. The maximum Gasteiger partial charge on any atom is 0.243 e. The standard InChI is InChI=1S/C16H17BrN2O2/c1-11-3-5-12(6-4-11)19-16(20)10-18-13-7-8-15(21-2)14(17)9-13/h3-9,18H,10H2,1-2H3,(H,19,20). The zero-order chi connectivity index (χ0) is 15.2. The first kappa shape index (κ1) is 15.4. The predicted molar refractivity (Wildman–Crippen MR) is 89.0 cm³/mol. The predicted octanol–water partition coefficient (Wildman–Crippen LogP) is 3.82. The number of benzene rings is 2. The van der Waals surface area contributed by atoms with E-state index < -0.39 is 0 Å². The van der Waals surface area contributed by atoms with E-state index in [0.29, 0.717) is 0 Å². The van der Waals surface area contributed by atoms with Gasteiger partial charge in [0.25, 0.3) is 0 Å². The second-order valence-electron chi connectivity index (χ2n) is 4.62. The second-order valence-corrected chi connectivity index (χ2v) is 5.47. The summed E-state index contributed by atoms with van der Waals surface area (Å²) >= 11 is 3.41. The molecule has 5 heteroatoms. The summed E-state index contributed by atoms with van der Waals surface area (Å²) in [5, 5.41) is 5.91. The summed E-state index contributed by atoms with van der Waals surface area (Å²) in [6, 6.07) is 13.3. The van der Waals surface area contributed by atoms with Crippen molar-refractivity contribution < 1.29 is 9.53 Å². The van der Waals surface area contributed by atoms with Crippen LogP contribution in [0.15, 0.2) is 46.9 Å². The van der Waals surface area contributed by atoms with Crippen LogP contribution in [0.5, 0.6) is 5.75 Å². The molecule has 0 aliphatic carbocycles. The normalized spacial score (nSPS) is 10.0. The third kappa shape index (κ3) is 4.49. The molecule has 110 valence electrons. The summed E-state index contributed by atoms with van der Waals surface area (Å²) in [4.78, 5) is 11.9. The molecule has 0 radical (unpaired) electrons. The topological polar surface area (TPSA) is 50.4 Å². The van der Waals surface area contributed by atoms with Crippen molar-refractivity contribution in [3.8, 4) is 5.75 Å². The fraction of sp³-hybridized carbons (Fsp3) is 0.188. The lowest BCUT2D eigenvalue weighted by molar-refractivity contribution is -0.114. The van der Waals surface area contributed by atoms with Crippen LogP contribution in [0.3, 0.4) is 0 Å². The number of carbonyl (C=O) groups is 1. The Labute approximate surface area is 132 Å². The second kappa shape index (κ2) is 7.13. The van der Waals surface area contributed by atoms with Gasteiger partial charge in [0.1, 0.15) is 5.75 Å². The molecular weight excluding hydrogens is 332 g/mol. The molecule has 0 heterocycles. The summed E-state index contributed by atoms with van der Waals surface area (Å²) in [5.74, 6) is 0.662. The zero-order valence-corrected chi connectivity index (χ0v) is 13.5. The largest absolute Gasteiger partial charge is 0.496 e. The maximum atomic E-state index is 11.9. The molecule has 2 N–H and O–H groups in total. The molecule has 0 saturated carbocycles. The van der Waals surface area contributed by atoms with E-state index >= 15 is 0 Å². The Kier molecular flexibility index (Phi) is 5.22. The van der Waals surface area contributed by atoms with Crippen LogP contribution in [0.4, 0.5) is 11.4 Å². The van der Waals surface area contributed by atoms with Gasteiger partial charge in [-0.25, -0.2) is 0 Å². The zero-order valence-electron chi connectivity index (χ0n) is 11.9. The molecule has 0 saturated heterocycles. The summed E-state index contributed by atoms with van der Waals surface area (Å²) < 4.78 is 6.00. The molecule has 0 atom stereocenters. The molecule has 0 spiro atoms. The molecule has 2 aromatic rings. The quantitative estimate of drug-likeness (QED) is 0.863. The third-order valence-electron chi connectivity index (χ3n) is 2.94. The SMILES string of the molecule is COc1ccc(NCC(=O)Nc2ccc(C)cc2)cc1Br. The smallest absolute Gasteiger partial charge is 0.243 e. The van der Waals surface area contributed by atoms with Crippen molar-refractivity contribution in [3.05, 3.63) is 52.5 Å². The lowest BCUT2D eigenvalue weighted by Gasteiger charge is -2.10. The highest BCUT2D eigenvalue weighted by Gasteiger charge is 2.04. The number of rotatable bonds is 5. The Balaban J connectivity index is 1.89.